The molecule has 1 aromatic carbocycles. The zero-order valence-corrected chi connectivity index (χ0v) is 9.44. The van der Waals surface area contributed by atoms with Gasteiger partial charge in [0.25, 0.3) is 0 Å². The predicted molar refractivity (Wildman–Crippen MR) is 63.0 cm³/mol. The van der Waals surface area contributed by atoms with E-state index in [9.17, 15) is 4.79 Å². The van der Waals surface area contributed by atoms with Crippen LogP contribution in [0.5, 0.6) is 0 Å². The Morgan fingerprint density at radius 3 is 2.62 bits per heavy atom. The Labute approximate surface area is 95.5 Å². The molecule has 1 aromatic rings. The van der Waals surface area contributed by atoms with Crippen LogP contribution >= 0.6 is 0 Å². The van der Waals surface area contributed by atoms with Gasteiger partial charge in [-0.3, -0.25) is 4.79 Å². The molecule has 0 aliphatic rings. The Kier molecular flexibility index (Phi) is 4.95. The van der Waals surface area contributed by atoms with Crippen molar-refractivity contribution in [3.05, 3.63) is 35.4 Å². The van der Waals surface area contributed by atoms with Crippen molar-refractivity contribution in [1.82, 2.24) is 5.32 Å². The summed E-state index contributed by atoms with van der Waals surface area (Å²) in [5, 5.41) is 11.8. The molecule has 0 spiro atoms. The Balaban J connectivity index is 2.30. The van der Waals surface area contributed by atoms with E-state index in [1.165, 1.54) is 5.56 Å². The molecule has 16 heavy (non-hydrogen) atoms. The first kappa shape index (κ1) is 12.7. The largest absolute Gasteiger partial charge is 0.382 e. The topological polar surface area (TPSA) is 75.3 Å². The van der Waals surface area contributed by atoms with Crippen LogP contribution in [-0.2, 0) is 11.2 Å². The van der Waals surface area contributed by atoms with Crippen molar-refractivity contribution in [2.45, 2.75) is 19.4 Å². The first-order valence-corrected chi connectivity index (χ1v) is 5.35. The molecule has 1 amide bonds. The van der Waals surface area contributed by atoms with E-state index < -0.39 is 12.0 Å². The molecule has 0 radical (unpaired) electrons. The Hall–Kier alpha value is -1.39. The standard InChI is InChI=1S/C12H18N2O2/c1-9-2-4-10(5-3-9)6-7-14-12(16)11(15)8-13/h2-5,11,15H,6-8,13H2,1H3,(H,14,16). The lowest BCUT2D eigenvalue weighted by molar-refractivity contribution is -0.128. The molecule has 0 aromatic heterocycles. The van der Waals surface area contributed by atoms with Crippen LogP contribution in [0.2, 0.25) is 0 Å². The normalized spacial score (nSPS) is 12.2. The van der Waals surface area contributed by atoms with Crippen molar-refractivity contribution in [2.75, 3.05) is 13.1 Å². The second-order valence-corrected chi connectivity index (χ2v) is 3.78. The van der Waals surface area contributed by atoms with Crippen LogP contribution in [0.1, 0.15) is 11.1 Å². The average Bonchev–Trinajstić information content (AvgIpc) is 2.30. The first-order chi connectivity index (χ1) is 7.63. The molecule has 1 atom stereocenters. The maximum Gasteiger partial charge on any atom is 0.250 e. The fourth-order valence-electron chi connectivity index (χ4n) is 1.31. The summed E-state index contributed by atoms with van der Waals surface area (Å²) in [5.74, 6) is -0.408. The van der Waals surface area contributed by atoms with E-state index >= 15 is 0 Å². The van der Waals surface area contributed by atoms with Gasteiger partial charge in [0.15, 0.2) is 0 Å². The zero-order valence-electron chi connectivity index (χ0n) is 9.44. The number of carbonyl (C=O) groups is 1. The molecule has 0 saturated heterocycles. The van der Waals surface area contributed by atoms with Gasteiger partial charge in [0.2, 0.25) is 5.91 Å². The highest BCUT2D eigenvalue weighted by molar-refractivity contribution is 5.80. The minimum Gasteiger partial charge on any atom is -0.382 e. The van der Waals surface area contributed by atoms with E-state index in [2.05, 4.69) is 5.32 Å². The SMILES string of the molecule is Cc1ccc(CCNC(=O)C(O)CN)cc1. The molecule has 1 unspecified atom stereocenters. The van der Waals surface area contributed by atoms with Crippen molar-refractivity contribution in [3.8, 4) is 0 Å². The van der Waals surface area contributed by atoms with E-state index in [-0.39, 0.29) is 6.54 Å². The summed E-state index contributed by atoms with van der Waals surface area (Å²) < 4.78 is 0. The van der Waals surface area contributed by atoms with Gasteiger partial charge in [-0.2, -0.15) is 0 Å². The monoisotopic (exact) mass is 222 g/mol. The third-order valence-electron chi connectivity index (χ3n) is 2.36. The van der Waals surface area contributed by atoms with Crippen molar-refractivity contribution in [1.29, 1.82) is 0 Å². The maximum atomic E-state index is 11.2. The summed E-state index contributed by atoms with van der Waals surface area (Å²) in [6.45, 7) is 2.50. The van der Waals surface area contributed by atoms with E-state index in [1.807, 2.05) is 31.2 Å². The molecule has 4 nitrogen and oxygen atoms in total. The lowest BCUT2D eigenvalue weighted by Gasteiger charge is -2.09. The smallest absolute Gasteiger partial charge is 0.250 e. The second-order valence-electron chi connectivity index (χ2n) is 3.78. The number of rotatable bonds is 5. The van der Waals surface area contributed by atoms with Gasteiger partial charge in [0.1, 0.15) is 6.10 Å². The molecular weight excluding hydrogens is 204 g/mol. The van der Waals surface area contributed by atoms with Gasteiger partial charge in [0, 0.05) is 13.1 Å². The van der Waals surface area contributed by atoms with Crippen LogP contribution in [0.25, 0.3) is 0 Å². The molecule has 0 saturated carbocycles. The minimum atomic E-state index is -1.10. The van der Waals surface area contributed by atoms with Crippen LogP contribution in [0.4, 0.5) is 0 Å². The number of hydrogen-bond acceptors (Lipinski definition) is 3. The summed E-state index contributed by atoms with van der Waals surface area (Å²) in [6, 6.07) is 8.12. The van der Waals surface area contributed by atoms with Crippen molar-refractivity contribution in [3.63, 3.8) is 0 Å². The van der Waals surface area contributed by atoms with Gasteiger partial charge in [-0.15, -0.1) is 0 Å². The second kappa shape index (κ2) is 6.25. The van der Waals surface area contributed by atoms with Gasteiger partial charge < -0.3 is 16.2 Å². The fraction of sp³-hybridized carbons (Fsp3) is 0.417. The van der Waals surface area contributed by atoms with Gasteiger partial charge in [-0.25, -0.2) is 0 Å². The molecule has 88 valence electrons. The summed E-state index contributed by atoms with van der Waals surface area (Å²) in [6.07, 6.45) is -0.346. The highest BCUT2D eigenvalue weighted by atomic mass is 16.3. The van der Waals surface area contributed by atoms with Gasteiger partial charge in [-0.1, -0.05) is 29.8 Å². The number of aliphatic hydroxyl groups is 1. The summed E-state index contributed by atoms with van der Waals surface area (Å²) >= 11 is 0. The quantitative estimate of drug-likeness (QED) is 0.655. The molecule has 0 bridgehead atoms. The molecule has 4 N–H and O–H groups in total. The van der Waals surface area contributed by atoms with Crippen LogP contribution in [0.15, 0.2) is 24.3 Å². The highest BCUT2D eigenvalue weighted by Gasteiger charge is 2.11. The van der Waals surface area contributed by atoms with Crippen molar-refractivity contribution >= 4 is 5.91 Å². The Morgan fingerprint density at radius 1 is 1.44 bits per heavy atom. The first-order valence-electron chi connectivity index (χ1n) is 5.35. The summed E-state index contributed by atoms with van der Waals surface area (Å²) in [7, 11) is 0. The van der Waals surface area contributed by atoms with Gasteiger partial charge in [0.05, 0.1) is 0 Å². The van der Waals surface area contributed by atoms with Crippen LogP contribution in [0.3, 0.4) is 0 Å². The van der Waals surface area contributed by atoms with Crippen LogP contribution < -0.4 is 11.1 Å². The lowest BCUT2D eigenvalue weighted by atomic mass is 10.1. The number of carbonyl (C=O) groups excluding carboxylic acids is 1. The van der Waals surface area contributed by atoms with E-state index in [0.717, 1.165) is 12.0 Å². The number of aliphatic hydroxyl groups excluding tert-OH is 1. The minimum absolute atomic E-state index is 0.0453. The molecule has 0 heterocycles. The average molecular weight is 222 g/mol. The Morgan fingerprint density at radius 2 is 2.06 bits per heavy atom. The number of benzene rings is 1. The zero-order chi connectivity index (χ0) is 12.0. The van der Waals surface area contributed by atoms with Gasteiger partial charge in [-0.05, 0) is 18.9 Å². The molecule has 1 rings (SSSR count). The Bertz CT molecular complexity index is 335. The molecule has 0 aliphatic heterocycles. The van der Waals surface area contributed by atoms with E-state index in [1.54, 1.807) is 0 Å². The van der Waals surface area contributed by atoms with Gasteiger partial charge >= 0.3 is 0 Å². The van der Waals surface area contributed by atoms with Crippen molar-refractivity contribution in [2.24, 2.45) is 5.73 Å². The fourth-order valence-corrected chi connectivity index (χ4v) is 1.31. The van der Waals surface area contributed by atoms with E-state index in [4.69, 9.17) is 10.8 Å². The lowest BCUT2D eigenvalue weighted by Crippen LogP contribution is -2.39. The molecular formula is C12H18N2O2. The van der Waals surface area contributed by atoms with Crippen LogP contribution in [0, 0.1) is 6.92 Å². The number of nitrogens with one attached hydrogen (secondary N) is 1. The van der Waals surface area contributed by atoms with E-state index in [0.29, 0.717) is 6.54 Å². The summed E-state index contributed by atoms with van der Waals surface area (Å²) in [4.78, 5) is 11.2. The highest BCUT2D eigenvalue weighted by Crippen LogP contribution is 2.02. The maximum absolute atomic E-state index is 11.2. The number of hydrogen-bond donors (Lipinski definition) is 3. The number of nitrogens with two attached hydrogens (primary N) is 1. The molecule has 4 heteroatoms. The third kappa shape index (κ3) is 4.00. The van der Waals surface area contributed by atoms with Crippen molar-refractivity contribution < 1.29 is 9.90 Å². The number of aryl methyl sites for hydroxylation is 1. The summed E-state index contributed by atoms with van der Waals surface area (Å²) in [5.41, 5.74) is 7.54. The number of amides is 1. The third-order valence-corrected chi connectivity index (χ3v) is 2.36. The molecule has 0 aliphatic carbocycles. The van der Waals surface area contributed by atoms with Crippen LogP contribution in [-0.4, -0.2) is 30.2 Å². The molecule has 0 fully saturated rings. The predicted octanol–water partition coefficient (Wildman–Crippen LogP) is -0.0267.